The maximum Gasteiger partial charge on any atom is 0.332 e. The van der Waals surface area contributed by atoms with E-state index in [4.69, 9.17) is 5.73 Å². The number of aryl methyl sites for hydroxylation is 1. The molecule has 64 valence electrons. The summed E-state index contributed by atoms with van der Waals surface area (Å²) < 4.78 is 0. The number of nitrogens with zero attached hydrogens (tertiary/aromatic N) is 1. The van der Waals surface area contributed by atoms with Crippen molar-refractivity contribution in [3.8, 4) is 0 Å². The number of hydrazone groups is 1. The lowest BCUT2D eigenvalue weighted by molar-refractivity contribution is 0.249. The van der Waals surface area contributed by atoms with Crippen molar-refractivity contribution >= 4 is 23.6 Å². The van der Waals surface area contributed by atoms with Gasteiger partial charge in [0.2, 0.25) is 0 Å². The highest BCUT2D eigenvalue weighted by molar-refractivity contribution is 7.13. The van der Waals surface area contributed by atoms with Crippen molar-refractivity contribution in [3.63, 3.8) is 0 Å². The first-order chi connectivity index (χ1) is 5.68. The third-order valence-corrected chi connectivity index (χ3v) is 2.06. The molecule has 3 N–H and O–H groups in total. The van der Waals surface area contributed by atoms with E-state index in [0.29, 0.717) is 0 Å². The fourth-order valence-corrected chi connectivity index (χ4v) is 1.43. The molecule has 5 heteroatoms. The van der Waals surface area contributed by atoms with Crippen LogP contribution < -0.4 is 11.2 Å². The zero-order valence-electron chi connectivity index (χ0n) is 6.57. The van der Waals surface area contributed by atoms with Crippen LogP contribution in [-0.4, -0.2) is 12.2 Å². The first-order valence-electron chi connectivity index (χ1n) is 3.33. The zero-order valence-corrected chi connectivity index (χ0v) is 7.39. The second kappa shape index (κ2) is 3.87. The Bertz CT molecular complexity index is 305. The topological polar surface area (TPSA) is 67.5 Å². The number of rotatable bonds is 2. The number of carbonyl (C=O) groups is 1. The van der Waals surface area contributed by atoms with E-state index in [1.807, 2.05) is 19.1 Å². The molecule has 1 heterocycles. The zero-order chi connectivity index (χ0) is 8.97. The maximum atomic E-state index is 10.2. The van der Waals surface area contributed by atoms with Gasteiger partial charge in [-0.15, -0.1) is 11.3 Å². The monoisotopic (exact) mass is 183 g/mol. The quantitative estimate of drug-likeness (QED) is 0.522. The summed E-state index contributed by atoms with van der Waals surface area (Å²) in [6, 6.07) is 3.25. The summed E-state index contributed by atoms with van der Waals surface area (Å²) >= 11 is 1.60. The van der Waals surface area contributed by atoms with E-state index in [1.54, 1.807) is 17.6 Å². The molecular weight excluding hydrogens is 174 g/mol. The van der Waals surface area contributed by atoms with E-state index in [2.05, 4.69) is 10.5 Å². The minimum Gasteiger partial charge on any atom is -0.350 e. The van der Waals surface area contributed by atoms with E-state index in [0.717, 1.165) is 4.88 Å². The van der Waals surface area contributed by atoms with Gasteiger partial charge in [-0.2, -0.15) is 5.10 Å². The first kappa shape index (κ1) is 8.73. The number of nitrogens with one attached hydrogen (secondary N) is 1. The number of urea groups is 1. The minimum atomic E-state index is -0.653. The normalized spacial score (nSPS) is 10.4. The highest BCUT2D eigenvalue weighted by Crippen LogP contribution is 2.11. The van der Waals surface area contributed by atoms with Gasteiger partial charge in [0, 0.05) is 9.75 Å². The Morgan fingerprint density at radius 1 is 1.75 bits per heavy atom. The third-order valence-electron chi connectivity index (χ3n) is 1.13. The molecule has 0 atom stereocenters. The van der Waals surface area contributed by atoms with Crippen LogP contribution >= 0.6 is 11.3 Å². The Kier molecular flexibility index (Phi) is 2.82. The average molecular weight is 183 g/mol. The molecule has 0 bridgehead atoms. The standard InChI is InChI=1S/C7H9N3OS/c1-5-2-3-6(12-5)4-9-10-7(8)11/h2-4H,1H3,(H3,8,10,11)/b9-4+. The maximum absolute atomic E-state index is 10.2. The summed E-state index contributed by atoms with van der Waals surface area (Å²) in [6.07, 6.45) is 1.56. The molecule has 2 amide bonds. The molecule has 0 saturated heterocycles. The molecule has 4 nitrogen and oxygen atoms in total. The number of hydrogen-bond acceptors (Lipinski definition) is 3. The molecule has 0 aliphatic heterocycles. The molecule has 1 aromatic heterocycles. The fourth-order valence-electron chi connectivity index (χ4n) is 0.682. The second-order valence-electron chi connectivity index (χ2n) is 2.18. The number of carbonyl (C=O) groups excluding carboxylic acids is 1. The number of hydrogen-bond donors (Lipinski definition) is 2. The van der Waals surface area contributed by atoms with Crippen LogP contribution in [0.4, 0.5) is 4.79 Å². The van der Waals surface area contributed by atoms with E-state index in [9.17, 15) is 4.79 Å². The van der Waals surface area contributed by atoms with Crippen molar-refractivity contribution in [2.75, 3.05) is 0 Å². The molecule has 0 unspecified atom stereocenters. The molecule has 0 radical (unpaired) electrons. The van der Waals surface area contributed by atoms with Crippen LogP contribution in [0.25, 0.3) is 0 Å². The van der Waals surface area contributed by atoms with Crippen LogP contribution in [0.15, 0.2) is 17.2 Å². The molecular formula is C7H9N3OS. The largest absolute Gasteiger partial charge is 0.350 e. The Balaban J connectivity index is 2.52. The molecule has 1 rings (SSSR count). The summed E-state index contributed by atoms with van der Waals surface area (Å²) in [4.78, 5) is 12.4. The number of amides is 2. The van der Waals surface area contributed by atoms with Crippen molar-refractivity contribution in [2.45, 2.75) is 6.92 Å². The van der Waals surface area contributed by atoms with Crippen molar-refractivity contribution in [1.29, 1.82) is 0 Å². The van der Waals surface area contributed by atoms with Gasteiger partial charge in [-0.05, 0) is 19.1 Å². The van der Waals surface area contributed by atoms with Gasteiger partial charge in [-0.3, -0.25) is 0 Å². The molecule has 0 aromatic carbocycles. The van der Waals surface area contributed by atoms with Crippen molar-refractivity contribution in [3.05, 3.63) is 21.9 Å². The van der Waals surface area contributed by atoms with E-state index in [1.165, 1.54) is 4.88 Å². The van der Waals surface area contributed by atoms with Gasteiger partial charge in [-0.1, -0.05) is 0 Å². The van der Waals surface area contributed by atoms with Gasteiger partial charge >= 0.3 is 6.03 Å². The van der Waals surface area contributed by atoms with Gasteiger partial charge in [0.15, 0.2) is 0 Å². The molecule has 0 fully saturated rings. The minimum absolute atomic E-state index is 0.653. The predicted molar refractivity (Wildman–Crippen MR) is 49.4 cm³/mol. The third kappa shape index (κ3) is 2.71. The Labute approximate surface area is 74.1 Å². The van der Waals surface area contributed by atoms with Crippen LogP contribution in [0.1, 0.15) is 9.75 Å². The Morgan fingerprint density at radius 3 is 3.00 bits per heavy atom. The van der Waals surface area contributed by atoms with E-state index < -0.39 is 6.03 Å². The summed E-state index contributed by atoms with van der Waals surface area (Å²) in [5.74, 6) is 0. The van der Waals surface area contributed by atoms with Gasteiger partial charge in [0.25, 0.3) is 0 Å². The van der Waals surface area contributed by atoms with E-state index >= 15 is 0 Å². The average Bonchev–Trinajstić information content (AvgIpc) is 2.35. The van der Waals surface area contributed by atoms with Gasteiger partial charge in [-0.25, -0.2) is 10.2 Å². The van der Waals surface area contributed by atoms with E-state index in [-0.39, 0.29) is 0 Å². The summed E-state index contributed by atoms with van der Waals surface area (Å²) in [6.45, 7) is 2.00. The molecule has 0 aliphatic rings. The predicted octanol–water partition coefficient (Wildman–Crippen LogP) is 1.06. The lowest BCUT2D eigenvalue weighted by atomic mass is 10.4. The number of primary amides is 1. The molecule has 12 heavy (non-hydrogen) atoms. The highest BCUT2D eigenvalue weighted by atomic mass is 32.1. The van der Waals surface area contributed by atoms with Gasteiger partial charge in [0.1, 0.15) is 0 Å². The second-order valence-corrected chi connectivity index (χ2v) is 3.50. The van der Waals surface area contributed by atoms with Crippen LogP contribution in [0.3, 0.4) is 0 Å². The molecule has 1 aromatic rings. The van der Waals surface area contributed by atoms with Crippen LogP contribution in [-0.2, 0) is 0 Å². The van der Waals surface area contributed by atoms with Crippen molar-refractivity contribution < 1.29 is 4.79 Å². The van der Waals surface area contributed by atoms with Crippen LogP contribution in [0.5, 0.6) is 0 Å². The smallest absolute Gasteiger partial charge is 0.332 e. The SMILES string of the molecule is Cc1ccc(/C=N/NC(N)=O)s1. The molecule has 0 saturated carbocycles. The Hall–Kier alpha value is -1.36. The van der Waals surface area contributed by atoms with Gasteiger partial charge < -0.3 is 5.73 Å². The molecule has 0 aliphatic carbocycles. The first-order valence-corrected chi connectivity index (χ1v) is 4.15. The number of thiophene rings is 1. The lowest BCUT2D eigenvalue weighted by Gasteiger charge is -1.88. The lowest BCUT2D eigenvalue weighted by Crippen LogP contribution is -2.24. The summed E-state index contributed by atoms with van der Waals surface area (Å²) in [7, 11) is 0. The van der Waals surface area contributed by atoms with Gasteiger partial charge in [0.05, 0.1) is 6.21 Å². The molecule has 0 spiro atoms. The van der Waals surface area contributed by atoms with Crippen LogP contribution in [0.2, 0.25) is 0 Å². The summed E-state index contributed by atoms with van der Waals surface area (Å²) in [5.41, 5.74) is 6.92. The highest BCUT2D eigenvalue weighted by Gasteiger charge is 1.91. The number of nitrogens with two attached hydrogens (primary N) is 1. The van der Waals surface area contributed by atoms with Crippen molar-refractivity contribution in [1.82, 2.24) is 5.43 Å². The fraction of sp³-hybridized carbons (Fsp3) is 0.143. The van der Waals surface area contributed by atoms with Crippen molar-refractivity contribution in [2.24, 2.45) is 10.8 Å². The Morgan fingerprint density at radius 2 is 2.50 bits per heavy atom. The summed E-state index contributed by atoms with van der Waals surface area (Å²) in [5, 5.41) is 3.62. The van der Waals surface area contributed by atoms with Crippen LogP contribution in [0, 0.1) is 6.92 Å².